The summed E-state index contributed by atoms with van der Waals surface area (Å²) in [4.78, 5) is 16.5. The molecular weight excluding hydrogens is 262 g/mol. The van der Waals surface area contributed by atoms with Gasteiger partial charge in [0.05, 0.1) is 11.7 Å². The van der Waals surface area contributed by atoms with E-state index in [-0.39, 0.29) is 6.04 Å². The van der Waals surface area contributed by atoms with Crippen molar-refractivity contribution in [3.8, 4) is 0 Å². The number of benzene rings is 1. The maximum atomic E-state index is 10.9. The largest absolute Gasteiger partial charge is 0.465 e. The van der Waals surface area contributed by atoms with Crippen LogP contribution in [-0.2, 0) is 0 Å². The number of carboxylic acid groups (broad SMARTS) is 1. The highest BCUT2D eigenvalue weighted by molar-refractivity contribution is 8.13. The van der Waals surface area contributed by atoms with Crippen molar-refractivity contribution in [2.45, 2.75) is 19.9 Å². The number of rotatable bonds is 4. The van der Waals surface area contributed by atoms with Crippen LogP contribution < -0.4 is 5.73 Å². The molecule has 1 aromatic rings. The molecule has 0 bridgehead atoms. The number of hydrogen-bond acceptors (Lipinski definition) is 3. The lowest BCUT2D eigenvalue weighted by atomic mass is 10.1. The summed E-state index contributed by atoms with van der Waals surface area (Å²) in [5.41, 5.74) is 7.39. The van der Waals surface area contributed by atoms with Crippen LogP contribution in [-0.4, -0.2) is 34.1 Å². The lowest BCUT2D eigenvalue weighted by Crippen LogP contribution is -2.27. The molecule has 1 atom stereocenters. The fourth-order valence-corrected chi connectivity index (χ4v) is 2.02. The smallest absolute Gasteiger partial charge is 0.407 e. The Balaban J connectivity index is 2.94. The molecule has 0 heterocycles. The van der Waals surface area contributed by atoms with E-state index in [4.69, 9.17) is 10.8 Å². The Bertz CT molecular complexity index is 477. The van der Waals surface area contributed by atoms with Crippen molar-refractivity contribution >= 4 is 28.7 Å². The summed E-state index contributed by atoms with van der Waals surface area (Å²) in [5.74, 6) is 0.868. The second kappa shape index (κ2) is 7.04. The van der Waals surface area contributed by atoms with Crippen LogP contribution in [0, 0.1) is 0 Å². The zero-order valence-corrected chi connectivity index (χ0v) is 12.1. The summed E-state index contributed by atoms with van der Waals surface area (Å²) in [6.07, 6.45) is -0.956. The van der Waals surface area contributed by atoms with Gasteiger partial charge in [-0.25, -0.2) is 9.79 Å². The molecule has 1 rings (SSSR count). The highest BCUT2D eigenvalue weighted by atomic mass is 32.2. The normalized spacial score (nSPS) is 13.1. The molecule has 6 heteroatoms. The van der Waals surface area contributed by atoms with Gasteiger partial charge in [-0.15, -0.1) is 0 Å². The van der Waals surface area contributed by atoms with Crippen LogP contribution in [0.1, 0.15) is 25.5 Å². The maximum absolute atomic E-state index is 10.9. The first-order valence-corrected chi connectivity index (χ1v) is 6.97. The average molecular weight is 281 g/mol. The topological polar surface area (TPSA) is 78.9 Å². The van der Waals surface area contributed by atoms with Crippen molar-refractivity contribution in [2.24, 2.45) is 10.7 Å². The summed E-state index contributed by atoms with van der Waals surface area (Å²) in [5, 5.41) is 9.49. The molecule has 0 saturated carbocycles. The zero-order chi connectivity index (χ0) is 14.4. The molecule has 0 spiro atoms. The van der Waals surface area contributed by atoms with Gasteiger partial charge in [-0.1, -0.05) is 30.8 Å². The Kier molecular flexibility index (Phi) is 5.69. The number of amidine groups is 1. The van der Waals surface area contributed by atoms with Crippen molar-refractivity contribution in [1.29, 1.82) is 0 Å². The minimum absolute atomic E-state index is 0.229. The van der Waals surface area contributed by atoms with Gasteiger partial charge in [0, 0.05) is 7.05 Å². The molecule has 0 fully saturated rings. The first-order valence-electron chi connectivity index (χ1n) is 5.98. The number of thioether (sulfide) groups is 1. The molecule has 5 nitrogen and oxygen atoms in total. The van der Waals surface area contributed by atoms with Gasteiger partial charge in [0.25, 0.3) is 0 Å². The number of hydrogen-bond donors (Lipinski definition) is 2. The number of nitrogens with zero attached hydrogens (tertiary/aromatic N) is 2. The van der Waals surface area contributed by atoms with E-state index in [1.54, 1.807) is 7.05 Å². The van der Waals surface area contributed by atoms with Crippen molar-refractivity contribution < 1.29 is 9.90 Å². The highest BCUT2D eigenvalue weighted by Gasteiger charge is 2.16. The Morgan fingerprint density at radius 3 is 2.84 bits per heavy atom. The maximum Gasteiger partial charge on any atom is 0.407 e. The summed E-state index contributed by atoms with van der Waals surface area (Å²) in [6, 6.07) is 7.21. The lowest BCUT2D eigenvalue weighted by molar-refractivity contribution is 0.142. The SMILES string of the molecule is CCSC(N)=Nc1cccc(C(C)N(C)C(=O)O)c1. The Morgan fingerprint density at radius 2 is 2.26 bits per heavy atom. The van der Waals surface area contributed by atoms with Crippen molar-refractivity contribution in [2.75, 3.05) is 12.8 Å². The van der Waals surface area contributed by atoms with Crippen molar-refractivity contribution in [3.63, 3.8) is 0 Å². The van der Waals surface area contributed by atoms with Crippen LogP contribution in [0.4, 0.5) is 10.5 Å². The predicted molar refractivity (Wildman–Crippen MR) is 80.1 cm³/mol. The van der Waals surface area contributed by atoms with Gasteiger partial charge in [-0.2, -0.15) is 0 Å². The van der Waals surface area contributed by atoms with E-state index in [9.17, 15) is 4.79 Å². The fourth-order valence-electron chi connectivity index (χ4n) is 1.55. The molecule has 19 heavy (non-hydrogen) atoms. The molecule has 1 aromatic carbocycles. The molecule has 1 unspecified atom stereocenters. The number of aliphatic imine (C=N–C) groups is 1. The number of carbonyl (C=O) groups is 1. The summed E-state index contributed by atoms with van der Waals surface area (Å²) >= 11 is 1.47. The number of nitrogens with two attached hydrogens (primary N) is 1. The highest BCUT2D eigenvalue weighted by Crippen LogP contribution is 2.23. The van der Waals surface area contributed by atoms with Crippen LogP contribution in [0.2, 0.25) is 0 Å². The van der Waals surface area contributed by atoms with Crippen LogP contribution in [0.3, 0.4) is 0 Å². The second-order valence-electron chi connectivity index (χ2n) is 4.05. The third-order valence-corrected chi connectivity index (χ3v) is 3.44. The van der Waals surface area contributed by atoms with Crippen LogP contribution in [0.5, 0.6) is 0 Å². The average Bonchev–Trinajstić information content (AvgIpc) is 2.37. The Labute approximate surface area is 117 Å². The van der Waals surface area contributed by atoms with E-state index in [2.05, 4.69) is 4.99 Å². The Morgan fingerprint density at radius 1 is 1.58 bits per heavy atom. The van der Waals surface area contributed by atoms with Crippen molar-refractivity contribution in [3.05, 3.63) is 29.8 Å². The van der Waals surface area contributed by atoms with E-state index in [0.29, 0.717) is 5.17 Å². The minimum Gasteiger partial charge on any atom is -0.465 e. The van der Waals surface area contributed by atoms with Gasteiger partial charge < -0.3 is 15.7 Å². The molecule has 0 saturated heterocycles. The molecule has 0 radical (unpaired) electrons. The third-order valence-electron chi connectivity index (χ3n) is 2.77. The fraction of sp³-hybridized carbons (Fsp3) is 0.385. The van der Waals surface area contributed by atoms with Gasteiger partial charge in [-0.3, -0.25) is 0 Å². The number of amides is 1. The quantitative estimate of drug-likeness (QED) is 0.656. The molecule has 0 aromatic heterocycles. The monoisotopic (exact) mass is 281 g/mol. The van der Waals surface area contributed by atoms with Gasteiger partial charge in [-0.05, 0) is 30.4 Å². The van der Waals surface area contributed by atoms with E-state index in [0.717, 1.165) is 17.0 Å². The Hall–Kier alpha value is -1.69. The summed E-state index contributed by atoms with van der Waals surface area (Å²) < 4.78 is 0. The molecule has 3 N–H and O–H groups in total. The third kappa shape index (κ3) is 4.48. The summed E-state index contributed by atoms with van der Waals surface area (Å²) in [6.45, 7) is 3.84. The molecule has 1 amide bonds. The zero-order valence-electron chi connectivity index (χ0n) is 11.3. The first-order chi connectivity index (χ1) is 8.95. The first kappa shape index (κ1) is 15.4. The molecular formula is C13H19N3O2S. The van der Waals surface area contributed by atoms with Crippen molar-refractivity contribution in [1.82, 2.24) is 4.90 Å². The van der Waals surface area contributed by atoms with E-state index in [1.807, 2.05) is 38.1 Å². The van der Waals surface area contributed by atoms with Crippen LogP contribution in [0.15, 0.2) is 29.3 Å². The molecule has 0 aliphatic rings. The van der Waals surface area contributed by atoms with Crippen LogP contribution in [0.25, 0.3) is 0 Å². The standard InChI is InChI=1S/C13H19N3O2S/c1-4-19-12(14)15-11-7-5-6-10(8-11)9(2)16(3)13(17)18/h5-9H,4H2,1-3H3,(H2,14,15)(H,17,18). The molecule has 0 aliphatic heterocycles. The van der Waals surface area contributed by atoms with Gasteiger partial charge in [0.1, 0.15) is 0 Å². The minimum atomic E-state index is -0.956. The second-order valence-corrected chi connectivity index (χ2v) is 5.33. The predicted octanol–water partition coefficient (Wildman–Crippen LogP) is 3.06. The summed E-state index contributed by atoms with van der Waals surface area (Å²) in [7, 11) is 1.55. The van der Waals surface area contributed by atoms with Crippen LogP contribution >= 0.6 is 11.8 Å². The van der Waals surface area contributed by atoms with E-state index < -0.39 is 6.09 Å². The van der Waals surface area contributed by atoms with Gasteiger partial charge in [0.15, 0.2) is 5.17 Å². The lowest BCUT2D eigenvalue weighted by Gasteiger charge is -2.22. The van der Waals surface area contributed by atoms with E-state index >= 15 is 0 Å². The van der Waals surface area contributed by atoms with Gasteiger partial charge in [0.2, 0.25) is 0 Å². The van der Waals surface area contributed by atoms with Gasteiger partial charge >= 0.3 is 6.09 Å². The van der Waals surface area contributed by atoms with E-state index in [1.165, 1.54) is 16.7 Å². The molecule has 104 valence electrons. The molecule has 0 aliphatic carbocycles.